The topological polar surface area (TPSA) is 109 Å². The maximum Gasteiger partial charge on any atom is 0.434 e. The average Bonchev–Trinajstić information content (AvgIpc) is 3.92. The molecule has 0 unspecified atom stereocenters. The molecule has 0 N–H and O–H groups in total. The summed E-state index contributed by atoms with van der Waals surface area (Å²) >= 11 is 0. The van der Waals surface area contributed by atoms with Crippen LogP contribution in [0.25, 0.3) is 33.9 Å². The number of imidazole rings is 3. The van der Waals surface area contributed by atoms with Crippen molar-refractivity contribution in [2.24, 2.45) is 14.1 Å². The van der Waals surface area contributed by atoms with Crippen molar-refractivity contribution >= 4 is 11.3 Å². The minimum absolute atomic E-state index is 0.175. The minimum Gasteiger partial charge on any atom is -0.337 e. The van der Waals surface area contributed by atoms with Crippen molar-refractivity contribution < 1.29 is 13.2 Å². The molecule has 0 spiro atoms. The molecule has 0 aliphatic rings. The zero-order chi connectivity index (χ0) is 36.4. The molecule has 0 saturated carbocycles. The van der Waals surface area contributed by atoms with E-state index < -0.39 is 11.9 Å². The molecule has 0 amide bonds. The maximum atomic E-state index is 12.8. The number of halogens is 3. The van der Waals surface area contributed by atoms with Crippen LogP contribution in [0.5, 0.6) is 0 Å². The molecule has 11 nitrogen and oxygen atoms in total. The molecule has 2 aromatic carbocycles. The first-order valence-electron chi connectivity index (χ1n) is 16.8. The number of rotatable bonds is 8. The molecular formula is C38H36F3N11. The summed E-state index contributed by atoms with van der Waals surface area (Å²) in [6.07, 6.45) is 1.20. The Labute approximate surface area is 297 Å². The summed E-state index contributed by atoms with van der Waals surface area (Å²) in [4.78, 5) is 17.4. The summed E-state index contributed by atoms with van der Waals surface area (Å²) in [5.74, 6) is 2.61. The molecule has 0 fully saturated rings. The first kappa shape index (κ1) is 34.3. The Morgan fingerprint density at radius 2 is 1.23 bits per heavy atom. The van der Waals surface area contributed by atoms with Crippen molar-refractivity contribution in [2.45, 2.75) is 45.7 Å². The van der Waals surface area contributed by atoms with E-state index in [1.165, 1.54) is 4.52 Å². The molecule has 0 atom stereocenters. The van der Waals surface area contributed by atoms with Crippen LogP contribution in [0, 0.1) is 13.8 Å². The number of fused-ring (bicyclic) bond motifs is 2. The Balaban J connectivity index is 0.000000162. The smallest absolute Gasteiger partial charge is 0.337 e. The van der Waals surface area contributed by atoms with Crippen molar-refractivity contribution in [1.29, 1.82) is 0 Å². The van der Waals surface area contributed by atoms with Gasteiger partial charge in [-0.25, -0.2) is 29.0 Å². The van der Waals surface area contributed by atoms with Gasteiger partial charge in [-0.2, -0.15) is 28.5 Å². The average molecular weight is 704 g/mol. The zero-order valence-corrected chi connectivity index (χ0v) is 29.1. The molecule has 0 aliphatic heterocycles. The predicted molar refractivity (Wildman–Crippen MR) is 190 cm³/mol. The molecular weight excluding hydrogens is 667 g/mol. The van der Waals surface area contributed by atoms with Gasteiger partial charge in [0.2, 0.25) is 0 Å². The highest BCUT2D eigenvalue weighted by Crippen LogP contribution is 2.28. The molecule has 0 aliphatic carbocycles. The summed E-state index contributed by atoms with van der Waals surface area (Å²) in [7, 11) is 3.87. The molecule has 52 heavy (non-hydrogen) atoms. The number of alkyl halides is 3. The zero-order valence-electron chi connectivity index (χ0n) is 29.1. The predicted octanol–water partition coefficient (Wildman–Crippen LogP) is 6.86. The van der Waals surface area contributed by atoms with Crippen LogP contribution in [0.3, 0.4) is 0 Å². The lowest BCUT2D eigenvalue weighted by molar-refractivity contribution is -0.140. The van der Waals surface area contributed by atoms with Gasteiger partial charge in [-0.1, -0.05) is 60.7 Å². The number of hydrogen-bond acceptors (Lipinski definition) is 7. The second-order valence-corrected chi connectivity index (χ2v) is 12.5. The van der Waals surface area contributed by atoms with Gasteiger partial charge in [0.1, 0.15) is 11.6 Å². The second-order valence-electron chi connectivity index (χ2n) is 12.5. The van der Waals surface area contributed by atoms with Crippen molar-refractivity contribution in [2.75, 3.05) is 0 Å². The van der Waals surface area contributed by atoms with E-state index in [2.05, 4.69) is 30.1 Å². The Hall–Kier alpha value is -6.18. The Morgan fingerprint density at radius 1 is 0.596 bits per heavy atom. The highest BCUT2D eigenvalue weighted by molar-refractivity contribution is 5.58. The maximum absolute atomic E-state index is 12.8. The summed E-state index contributed by atoms with van der Waals surface area (Å²) < 4.78 is 45.2. The summed E-state index contributed by atoms with van der Waals surface area (Å²) in [6, 6.07) is 27.2. The second kappa shape index (κ2) is 14.2. The molecule has 0 saturated heterocycles. The number of aromatic nitrogens is 11. The van der Waals surface area contributed by atoms with Crippen molar-refractivity contribution in [3.63, 3.8) is 0 Å². The SMILES string of the molecule is Cc1nc2ccc(CCc3nc(-c4ccccc4)nn3C)nn2c1C.Cn1cc(-c2ccccc2)nc1CCc1ccc2nc(C(F)(F)F)cn2n1. The highest BCUT2D eigenvalue weighted by Gasteiger charge is 2.34. The highest BCUT2D eigenvalue weighted by atomic mass is 19.4. The van der Waals surface area contributed by atoms with Crippen LogP contribution in [-0.2, 0) is 46.0 Å². The monoisotopic (exact) mass is 703 g/mol. The van der Waals surface area contributed by atoms with E-state index in [-0.39, 0.29) is 5.65 Å². The van der Waals surface area contributed by atoms with E-state index >= 15 is 0 Å². The first-order valence-corrected chi connectivity index (χ1v) is 16.8. The first-order chi connectivity index (χ1) is 25.0. The largest absolute Gasteiger partial charge is 0.434 e. The molecule has 6 aromatic heterocycles. The van der Waals surface area contributed by atoms with Gasteiger partial charge >= 0.3 is 6.18 Å². The van der Waals surface area contributed by atoms with Crippen LogP contribution < -0.4 is 0 Å². The van der Waals surface area contributed by atoms with Crippen molar-refractivity contribution in [1.82, 2.24) is 53.5 Å². The fourth-order valence-electron chi connectivity index (χ4n) is 5.83. The molecule has 0 radical (unpaired) electrons. The molecule has 0 bridgehead atoms. The van der Waals surface area contributed by atoms with Crippen LogP contribution >= 0.6 is 0 Å². The van der Waals surface area contributed by atoms with Gasteiger partial charge in [0, 0.05) is 44.3 Å². The minimum atomic E-state index is -4.48. The van der Waals surface area contributed by atoms with Crippen LogP contribution in [0.1, 0.15) is 40.1 Å². The third kappa shape index (κ3) is 7.45. The summed E-state index contributed by atoms with van der Waals surface area (Å²) in [5, 5.41) is 13.5. The number of benzene rings is 2. The quantitative estimate of drug-likeness (QED) is 0.170. The normalized spacial score (nSPS) is 11.7. The van der Waals surface area contributed by atoms with Gasteiger partial charge in [-0.3, -0.25) is 4.68 Å². The van der Waals surface area contributed by atoms with Crippen molar-refractivity contribution in [3.8, 4) is 22.6 Å². The number of hydrogen-bond donors (Lipinski definition) is 0. The Bertz CT molecular complexity index is 2460. The number of aryl methyl sites for hydroxylation is 8. The molecule has 14 heteroatoms. The fourth-order valence-corrected chi connectivity index (χ4v) is 5.83. The third-order valence-corrected chi connectivity index (χ3v) is 8.80. The van der Waals surface area contributed by atoms with E-state index in [0.717, 1.165) is 76.1 Å². The van der Waals surface area contributed by atoms with Crippen LogP contribution in [-0.4, -0.2) is 53.5 Å². The standard InChI is InChI=1S/C19H16F3N5.C19H20N6/c1-26-11-15(13-5-3-2-4-6-13)23-17(26)9-7-14-8-10-18-24-16(19(20,21)22)12-27(18)25-14;1-13-14(2)25-18(20-13)12-10-16(22-25)9-11-17-21-19(23-24(17)3)15-7-5-4-6-8-15/h2-6,8,10-12H,7,9H2,1H3;4-8,10,12H,9,11H2,1-3H3. The summed E-state index contributed by atoms with van der Waals surface area (Å²) in [5.41, 5.74) is 6.90. The Morgan fingerprint density at radius 3 is 1.92 bits per heavy atom. The van der Waals surface area contributed by atoms with E-state index in [9.17, 15) is 13.2 Å². The van der Waals surface area contributed by atoms with Gasteiger partial charge in [-0.05, 0) is 51.0 Å². The van der Waals surface area contributed by atoms with Gasteiger partial charge in [0.25, 0.3) is 0 Å². The van der Waals surface area contributed by atoms with Crippen molar-refractivity contribution in [3.05, 3.63) is 137 Å². The van der Waals surface area contributed by atoms with E-state index in [4.69, 9.17) is 5.10 Å². The molecule has 264 valence electrons. The molecule has 8 aromatic rings. The summed E-state index contributed by atoms with van der Waals surface area (Å²) in [6.45, 7) is 4.05. The lowest BCUT2D eigenvalue weighted by atomic mass is 10.2. The van der Waals surface area contributed by atoms with E-state index in [1.807, 2.05) is 121 Å². The van der Waals surface area contributed by atoms with Gasteiger partial charge in [0.05, 0.1) is 34.7 Å². The van der Waals surface area contributed by atoms with Gasteiger partial charge in [0.15, 0.2) is 22.8 Å². The lowest BCUT2D eigenvalue weighted by Crippen LogP contribution is -2.05. The molecule has 6 heterocycles. The van der Waals surface area contributed by atoms with Gasteiger partial charge in [-0.15, -0.1) is 0 Å². The van der Waals surface area contributed by atoms with E-state index in [1.54, 1.807) is 12.1 Å². The fraction of sp³-hybridized carbons (Fsp3) is 0.237. The Kier molecular flexibility index (Phi) is 9.37. The third-order valence-electron chi connectivity index (χ3n) is 8.80. The molecule has 8 rings (SSSR count). The van der Waals surface area contributed by atoms with Crippen LogP contribution in [0.4, 0.5) is 13.2 Å². The van der Waals surface area contributed by atoms with E-state index in [0.29, 0.717) is 18.5 Å². The lowest BCUT2D eigenvalue weighted by Gasteiger charge is -2.02. The van der Waals surface area contributed by atoms with Crippen LogP contribution in [0.2, 0.25) is 0 Å². The van der Waals surface area contributed by atoms with Crippen LogP contribution in [0.15, 0.2) is 97.3 Å². The number of nitrogens with zero attached hydrogens (tertiary/aromatic N) is 11. The van der Waals surface area contributed by atoms with Gasteiger partial charge < -0.3 is 4.57 Å².